The van der Waals surface area contributed by atoms with Crippen LogP contribution >= 0.6 is 0 Å². The van der Waals surface area contributed by atoms with Gasteiger partial charge in [0.25, 0.3) is 0 Å². The number of nitrogens with one attached hydrogen (secondary N) is 2. The van der Waals surface area contributed by atoms with Crippen LogP contribution in [-0.2, 0) is 14.3 Å². The monoisotopic (exact) mass is 476 g/mol. The molecule has 4 atom stereocenters. The van der Waals surface area contributed by atoms with Gasteiger partial charge >= 0.3 is 12.1 Å². The van der Waals surface area contributed by atoms with Crippen molar-refractivity contribution >= 4 is 18.0 Å². The molecule has 3 aliphatic rings. The summed E-state index contributed by atoms with van der Waals surface area (Å²) in [6.45, 7) is 0.633. The average molecular weight is 477 g/mol. The predicted octanol–water partition coefficient (Wildman–Crippen LogP) is 4.31. The Hall–Kier alpha value is -3.35. The molecule has 2 fully saturated rings. The van der Waals surface area contributed by atoms with E-state index in [0.717, 1.165) is 19.3 Å². The molecule has 2 amide bonds. The van der Waals surface area contributed by atoms with Crippen molar-refractivity contribution in [3.8, 4) is 11.1 Å². The van der Waals surface area contributed by atoms with Crippen LogP contribution in [0.5, 0.6) is 0 Å². The van der Waals surface area contributed by atoms with Gasteiger partial charge in [-0.1, -0.05) is 67.8 Å². The van der Waals surface area contributed by atoms with Gasteiger partial charge in [0.2, 0.25) is 5.91 Å². The lowest BCUT2D eigenvalue weighted by Crippen LogP contribution is -2.43. The maximum absolute atomic E-state index is 12.7. The molecule has 0 aliphatic heterocycles. The Morgan fingerprint density at radius 1 is 0.886 bits per heavy atom. The molecule has 2 aromatic carbocycles. The van der Waals surface area contributed by atoms with E-state index in [1.165, 1.54) is 22.3 Å². The van der Waals surface area contributed by atoms with Crippen LogP contribution in [-0.4, -0.2) is 42.3 Å². The standard InChI is InChI=1S/C28H32N2O5/c31-26(30-25-13-3-1-2-12-22(25)27(32)33)23-14-17(23)15-29-28(34)35-16-24-20-10-6-4-8-18(20)19-9-5-7-11-21(19)24/h4-11,17,22-25H,1-3,12-16H2,(H,29,34)(H,30,31)(H,32,33)/t17-,22-,23-,25+/m1/s1. The van der Waals surface area contributed by atoms with Crippen LogP contribution < -0.4 is 10.6 Å². The summed E-state index contributed by atoms with van der Waals surface area (Å²) in [5.74, 6) is -1.55. The molecule has 0 spiro atoms. The van der Waals surface area contributed by atoms with Crippen molar-refractivity contribution in [3.63, 3.8) is 0 Å². The van der Waals surface area contributed by atoms with Crippen molar-refractivity contribution in [2.75, 3.05) is 13.2 Å². The highest BCUT2D eigenvalue weighted by molar-refractivity contribution is 5.83. The minimum Gasteiger partial charge on any atom is -0.481 e. The summed E-state index contributed by atoms with van der Waals surface area (Å²) in [4.78, 5) is 36.7. The number of hydrogen-bond acceptors (Lipinski definition) is 4. The predicted molar refractivity (Wildman–Crippen MR) is 131 cm³/mol. The summed E-state index contributed by atoms with van der Waals surface area (Å²) in [6, 6.07) is 16.1. The SMILES string of the molecule is O=C(NC[C@H]1C[C@H]1C(=O)N[C@H]1CCCCC[C@H]1C(=O)O)OCC1c2ccccc2-c2ccccc21. The first-order valence-electron chi connectivity index (χ1n) is 12.6. The highest BCUT2D eigenvalue weighted by Gasteiger charge is 2.44. The summed E-state index contributed by atoms with van der Waals surface area (Å²) >= 11 is 0. The molecular weight excluding hydrogens is 444 g/mol. The van der Waals surface area contributed by atoms with E-state index in [0.29, 0.717) is 25.8 Å². The van der Waals surface area contributed by atoms with Gasteiger partial charge in [-0.05, 0) is 47.4 Å². The Morgan fingerprint density at radius 3 is 2.23 bits per heavy atom. The first kappa shape index (κ1) is 23.4. The van der Waals surface area contributed by atoms with Gasteiger partial charge in [0, 0.05) is 24.4 Å². The van der Waals surface area contributed by atoms with Crippen LogP contribution in [0.1, 0.15) is 55.6 Å². The average Bonchev–Trinajstić information content (AvgIpc) is 3.62. The highest BCUT2D eigenvalue weighted by atomic mass is 16.5. The van der Waals surface area contributed by atoms with Gasteiger partial charge in [-0.25, -0.2) is 4.79 Å². The van der Waals surface area contributed by atoms with Crippen molar-refractivity contribution < 1.29 is 24.2 Å². The van der Waals surface area contributed by atoms with Crippen LogP contribution in [0.4, 0.5) is 4.79 Å². The van der Waals surface area contributed by atoms with Gasteiger partial charge in [0.05, 0.1) is 5.92 Å². The van der Waals surface area contributed by atoms with Crippen LogP contribution in [0.2, 0.25) is 0 Å². The summed E-state index contributed by atoms with van der Waals surface area (Å²) in [7, 11) is 0. The highest BCUT2D eigenvalue weighted by Crippen LogP contribution is 2.44. The number of carboxylic acid groups (broad SMARTS) is 1. The lowest BCUT2D eigenvalue weighted by molar-refractivity contribution is -0.143. The Bertz CT molecular complexity index is 1070. The van der Waals surface area contributed by atoms with E-state index in [-0.39, 0.29) is 36.3 Å². The van der Waals surface area contributed by atoms with Crippen molar-refractivity contribution in [1.29, 1.82) is 0 Å². The molecule has 0 unspecified atom stereocenters. The van der Waals surface area contributed by atoms with Gasteiger partial charge < -0.3 is 20.5 Å². The number of carbonyl (C=O) groups is 3. The van der Waals surface area contributed by atoms with E-state index in [9.17, 15) is 19.5 Å². The number of ether oxygens (including phenoxy) is 1. The molecule has 2 saturated carbocycles. The molecular formula is C28H32N2O5. The lowest BCUT2D eigenvalue weighted by Gasteiger charge is -2.23. The second-order valence-corrected chi connectivity index (χ2v) is 10.0. The number of carboxylic acids is 1. The molecule has 184 valence electrons. The molecule has 3 N–H and O–H groups in total. The summed E-state index contributed by atoms with van der Waals surface area (Å²) < 4.78 is 5.57. The third-order valence-corrected chi connectivity index (χ3v) is 7.77. The van der Waals surface area contributed by atoms with Crippen molar-refractivity contribution in [1.82, 2.24) is 10.6 Å². The van der Waals surface area contributed by atoms with Gasteiger partial charge in [-0.15, -0.1) is 0 Å². The molecule has 7 nitrogen and oxygen atoms in total. The normalized spacial score (nSPS) is 25.0. The fourth-order valence-electron chi connectivity index (χ4n) is 5.72. The smallest absolute Gasteiger partial charge is 0.407 e. The van der Waals surface area contributed by atoms with Gasteiger partial charge in [-0.3, -0.25) is 9.59 Å². The topological polar surface area (TPSA) is 105 Å². The van der Waals surface area contributed by atoms with E-state index < -0.39 is 18.0 Å². The van der Waals surface area contributed by atoms with Crippen LogP contribution in [0.15, 0.2) is 48.5 Å². The largest absolute Gasteiger partial charge is 0.481 e. The maximum Gasteiger partial charge on any atom is 0.407 e. The molecule has 35 heavy (non-hydrogen) atoms. The molecule has 0 heterocycles. The van der Waals surface area contributed by atoms with E-state index in [1.54, 1.807) is 0 Å². The fraction of sp³-hybridized carbons (Fsp3) is 0.464. The first-order chi connectivity index (χ1) is 17.0. The molecule has 3 aliphatic carbocycles. The second kappa shape index (κ2) is 10.1. The summed E-state index contributed by atoms with van der Waals surface area (Å²) in [6.07, 6.45) is 4.36. The Labute approximate surface area is 205 Å². The van der Waals surface area contributed by atoms with E-state index in [4.69, 9.17) is 4.74 Å². The minimum atomic E-state index is -0.832. The first-order valence-corrected chi connectivity index (χ1v) is 12.6. The quantitative estimate of drug-likeness (QED) is 0.517. The minimum absolute atomic E-state index is 0.00866. The number of alkyl carbamates (subject to hydrolysis) is 1. The Morgan fingerprint density at radius 2 is 1.54 bits per heavy atom. The summed E-state index contributed by atoms with van der Waals surface area (Å²) in [5, 5.41) is 15.3. The Kier molecular flexibility index (Phi) is 6.75. The molecule has 0 bridgehead atoms. The maximum atomic E-state index is 12.7. The van der Waals surface area contributed by atoms with E-state index in [1.807, 2.05) is 24.3 Å². The molecule has 0 radical (unpaired) electrons. The number of amides is 2. The van der Waals surface area contributed by atoms with Crippen molar-refractivity contribution in [3.05, 3.63) is 59.7 Å². The summed E-state index contributed by atoms with van der Waals surface area (Å²) in [5.41, 5.74) is 4.70. The van der Waals surface area contributed by atoms with Crippen LogP contribution in [0.3, 0.4) is 0 Å². The molecule has 0 saturated heterocycles. The molecule has 0 aromatic heterocycles. The van der Waals surface area contributed by atoms with E-state index >= 15 is 0 Å². The molecule has 5 rings (SSSR count). The third-order valence-electron chi connectivity index (χ3n) is 7.77. The number of aliphatic carboxylic acids is 1. The molecule has 7 heteroatoms. The number of benzene rings is 2. The number of carbonyl (C=O) groups excluding carboxylic acids is 2. The van der Waals surface area contributed by atoms with E-state index in [2.05, 4.69) is 34.9 Å². The van der Waals surface area contributed by atoms with Crippen molar-refractivity contribution in [2.24, 2.45) is 17.8 Å². The zero-order chi connectivity index (χ0) is 24.4. The Balaban J connectivity index is 1.09. The number of rotatable bonds is 7. The molecule has 2 aromatic rings. The third kappa shape index (κ3) is 5.04. The van der Waals surface area contributed by atoms with Crippen LogP contribution in [0, 0.1) is 17.8 Å². The zero-order valence-corrected chi connectivity index (χ0v) is 19.7. The van der Waals surface area contributed by atoms with Crippen molar-refractivity contribution in [2.45, 2.75) is 50.5 Å². The van der Waals surface area contributed by atoms with Crippen LogP contribution in [0.25, 0.3) is 11.1 Å². The number of hydrogen-bond donors (Lipinski definition) is 3. The fourth-order valence-corrected chi connectivity index (χ4v) is 5.72. The van der Waals surface area contributed by atoms with Gasteiger partial charge in [0.15, 0.2) is 0 Å². The lowest BCUT2D eigenvalue weighted by atomic mass is 9.94. The zero-order valence-electron chi connectivity index (χ0n) is 19.7. The van der Waals surface area contributed by atoms with Gasteiger partial charge in [0.1, 0.15) is 6.61 Å². The van der Waals surface area contributed by atoms with Gasteiger partial charge in [-0.2, -0.15) is 0 Å². The second-order valence-electron chi connectivity index (χ2n) is 10.0. The number of fused-ring (bicyclic) bond motifs is 3.